The second-order valence-electron chi connectivity index (χ2n) is 10.8. The summed E-state index contributed by atoms with van der Waals surface area (Å²) >= 11 is 0. The smallest absolute Gasteiger partial charge is 0.245 e. The first-order valence-electron chi connectivity index (χ1n) is 13.2. The fourth-order valence-electron chi connectivity index (χ4n) is 6.72. The second-order valence-corrected chi connectivity index (χ2v) is 10.8. The van der Waals surface area contributed by atoms with Crippen LogP contribution in [0.5, 0.6) is 0 Å². The van der Waals surface area contributed by atoms with Crippen LogP contribution in [0.1, 0.15) is 63.9 Å². The number of hydrogen-bond donors (Lipinski definition) is 3. The lowest BCUT2D eigenvalue weighted by molar-refractivity contribution is -0.139. The van der Waals surface area contributed by atoms with Crippen molar-refractivity contribution in [3.05, 3.63) is 35.8 Å². The summed E-state index contributed by atoms with van der Waals surface area (Å²) in [5.41, 5.74) is 7.52. The maximum Gasteiger partial charge on any atom is 0.245 e. The van der Waals surface area contributed by atoms with Gasteiger partial charge in [0.05, 0.1) is 18.1 Å². The molecule has 1 aliphatic carbocycles. The largest absolute Gasteiger partial charge is 0.361 e. The van der Waals surface area contributed by atoms with Crippen LogP contribution in [0.2, 0.25) is 0 Å². The van der Waals surface area contributed by atoms with Crippen molar-refractivity contribution in [3.8, 4) is 0 Å². The van der Waals surface area contributed by atoms with E-state index >= 15 is 0 Å². The quantitative estimate of drug-likeness (QED) is 0.590. The van der Waals surface area contributed by atoms with Crippen molar-refractivity contribution < 1.29 is 18.8 Å². The van der Waals surface area contributed by atoms with Gasteiger partial charge in [0.1, 0.15) is 11.9 Å². The highest BCUT2D eigenvalue weighted by molar-refractivity contribution is 5.91. The summed E-state index contributed by atoms with van der Waals surface area (Å²) in [5.74, 6) is -0.759. The number of aromatic nitrogens is 1. The van der Waals surface area contributed by atoms with Crippen LogP contribution in [-0.2, 0) is 14.4 Å². The van der Waals surface area contributed by atoms with Crippen LogP contribution in [-0.4, -0.2) is 69.8 Å². The monoisotopic (exact) mass is 497 g/mol. The van der Waals surface area contributed by atoms with Crippen molar-refractivity contribution in [3.63, 3.8) is 0 Å². The predicted molar refractivity (Wildman–Crippen MR) is 134 cm³/mol. The Labute approximate surface area is 210 Å². The molecule has 2 aliphatic heterocycles. The minimum atomic E-state index is -0.700. The fraction of sp³-hybridized carbons (Fsp3) is 0.593. The lowest BCUT2D eigenvalue weighted by atomic mass is 9.82. The summed E-state index contributed by atoms with van der Waals surface area (Å²) in [4.78, 5) is 46.3. The number of benzene rings is 1. The van der Waals surface area contributed by atoms with Crippen LogP contribution in [0, 0.1) is 11.7 Å². The Morgan fingerprint density at radius 2 is 1.89 bits per heavy atom. The number of fused-ring (bicyclic) bond motifs is 2. The number of carbonyl (C=O) groups excluding carboxylic acids is 3. The average molecular weight is 498 g/mol. The molecule has 2 saturated heterocycles. The van der Waals surface area contributed by atoms with Crippen molar-refractivity contribution >= 4 is 28.6 Å². The van der Waals surface area contributed by atoms with Gasteiger partial charge in [0.15, 0.2) is 0 Å². The third kappa shape index (κ3) is 4.38. The standard InChI is InChI=1S/C27H36FN5O3/c1-15(29)26(35)31-24(17-6-4-3-5-7-17)27(36)32-11-10-23-25(32)21(14-33(23)16(2)34)20-13-30-22-12-18(28)8-9-19(20)22/h8-9,12-13,15,17,21,23-25,30H,3-7,10-11,14,29H2,1-2H3,(H,31,35)/t15-,21+,23+,24-,25+/m0/s1. The van der Waals surface area contributed by atoms with Gasteiger partial charge < -0.3 is 25.8 Å². The van der Waals surface area contributed by atoms with E-state index in [1.807, 2.05) is 16.0 Å². The molecule has 9 heteroatoms. The topological polar surface area (TPSA) is 112 Å². The van der Waals surface area contributed by atoms with Crippen molar-refractivity contribution in [2.45, 2.75) is 82.5 Å². The lowest BCUT2D eigenvalue weighted by Crippen LogP contribution is -2.57. The number of amides is 3. The number of nitrogens with two attached hydrogens (primary N) is 1. The number of nitrogens with zero attached hydrogens (tertiary/aromatic N) is 2. The zero-order valence-electron chi connectivity index (χ0n) is 21.0. The van der Waals surface area contributed by atoms with E-state index in [1.54, 1.807) is 19.9 Å². The molecule has 0 unspecified atom stereocenters. The highest BCUT2D eigenvalue weighted by Crippen LogP contribution is 2.44. The number of aromatic amines is 1. The molecule has 3 amide bonds. The number of H-pyrrole nitrogens is 1. The zero-order valence-corrected chi connectivity index (χ0v) is 21.0. The van der Waals surface area contributed by atoms with Gasteiger partial charge in [-0.1, -0.05) is 19.3 Å². The van der Waals surface area contributed by atoms with Gasteiger partial charge >= 0.3 is 0 Å². The lowest BCUT2D eigenvalue weighted by Gasteiger charge is -2.36. The molecular weight excluding hydrogens is 461 g/mol. The molecule has 5 rings (SSSR count). The molecule has 1 aromatic carbocycles. The minimum Gasteiger partial charge on any atom is -0.361 e. The molecule has 3 aliphatic rings. The van der Waals surface area contributed by atoms with Crippen LogP contribution < -0.4 is 11.1 Å². The molecule has 3 fully saturated rings. The van der Waals surface area contributed by atoms with Crippen molar-refractivity contribution in [2.75, 3.05) is 13.1 Å². The second kappa shape index (κ2) is 9.84. The Balaban J connectivity index is 1.49. The van der Waals surface area contributed by atoms with Crippen LogP contribution in [0.15, 0.2) is 24.4 Å². The van der Waals surface area contributed by atoms with Gasteiger partial charge in [0.25, 0.3) is 0 Å². The third-order valence-electron chi connectivity index (χ3n) is 8.49. The zero-order chi connectivity index (χ0) is 25.6. The van der Waals surface area contributed by atoms with E-state index < -0.39 is 12.1 Å². The molecule has 36 heavy (non-hydrogen) atoms. The van der Waals surface area contributed by atoms with Gasteiger partial charge in [-0.05, 0) is 55.9 Å². The first-order chi connectivity index (χ1) is 17.3. The highest BCUT2D eigenvalue weighted by atomic mass is 19.1. The number of halogens is 1. The maximum atomic E-state index is 14.2. The fourth-order valence-corrected chi connectivity index (χ4v) is 6.72. The van der Waals surface area contributed by atoms with Gasteiger partial charge in [-0.2, -0.15) is 0 Å². The SMILES string of the molecule is CC(=O)N1C[C@H](c2c[nH]c3cc(F)ccc23)[C@@H]2[C@H]1CCN2C(=O)[C@@H](NC(=O)[C@H](C)N)C1CCCCC1. The first-order valence-corrected chi connectivity index (χ1v) is 13.2. The van der Waals surface area contributed by atoms with E-state index in [2.05, 4.69) is 10.3 Å². The Bertz CT molecular complexity index is 1160. The molecule has 0 radical (unpaired) electrons. The summed E-state index contributed by atoms with van der Waals surface area (Å²) < 4.78 is 13.8. The van der Waals surface area contributed by atoms with Crippen LogP contribution >= 0.6 is 0 Å². The first kappa shape index (κ1) is 24.7. The van der Waals surface area contributed by atoms with Gasteiger partial charge in [0.2, 0.25) is 17.7 Å². The Kier molecular flexibility index (Phi) is 6.76. The normalized spacial score (nSPS) is 26.2. The average Bonchev–Trinajstić information content (AvgIpc) is 3.56. The molecule has 194 valence electrons. The van der Waals surface area contributed by atoms with E-state index in [9.17, 15) is 18.8 Å². The molecule has 1 aromatic heterocycles. The molecule has 1 saturated carbocycles. The molecule has 0 bridgehead atoms. The van der Waals surface area contributed by atoms with Gasteiger partial charge in [-0.15, -0.1) is 0 Å². The Morgan fingerprint density at radius 3 is 2.58 bits per heavy atom. The minimum absolute atomic E-state index is 0.0122. The van der Waals surface area contributed by atoms with E-state index in [-0.39, 0.29) is 47.5 Å². The molecule has 8 nitrogen and oxygen atoms in total. The Morgan fingerprint density at radius 1 is 1.14 bits per heavy atom. The Hall–Kier alpha value is -2.94. The van der Waals surface area contributed by atoms with E-state index in [4.69, 9.17) is 5.73 Å². The van der Waals surface area contributed by atoms with Crippen molar-refractivity contribution in [2.24, 2.45) is 11.7 Å². The van der Waals surface area contributed by atoms with E-state index in [0.717, 1.165) is 43.1 Å². The number of likely N-dealkylation sites (tertiary alicyclic amines) is 2. The van der Waals surface area contributed by atoms with Crippen LogP contribution in [0.3, 0.4) is 0 Å². The number of rotatable bonds is 5. The van der Waals surface area contributed by atoms with Crippen molar-refractivity contribution in [1.29, 1.82) is 0 Å². The highest BCUT2D eigenvalue weighted by Gasteiger charge is 2.53. The maximum absolute atomic E-state index is 14.2. The van der Waals surface area contributed by atoms with E-state index in [1.165, 1.54) is 12.1 Å². The molecule has 0 spiro atoms. The summed E-state index contributed by atoms with van der Waals surface area (Å²) in [6.07, 6.45) is 7.60. The number of carbonyl (C=O) groups is 3. The van der Waals surface area contributed by atoms with Gasteiger partial charge in [0, 0.05) is 43.0 Å². The molecule has 3 heterocycles. The number of nitrogens with one attached hydrogen (secondary N) is 2. The summed E-state index contributed by atoms with van der Waals surface area (Å²) in [5, 5.41) is 3.88. The summed E-state index contributed by atoms with van der Waals surface area (Å²) in [6.45, 7) is 4.23. The van der Waals surface area contributed by atoms with Crippen LogP contribution in [0.25, 0.3) is 10.9 Å². The molecular formula is C27H36FN5O3. The van der Waals surface area contributed by atoms with E-state index in [0.29, 0.717) is 25.0 Å². The van der Waals surface area contributed by atoms with Gasteiger partial charge in [-0.25, -0.2) is 4.39 Å². The molecule has 4 N–H and O–H groups in total. The number of hydrogen-bond acceptors (Lipinski definition) is 4. The van der Waals surface area contributed by atoms with Gasteiger partial charge in [-0.3, -0.25) is 14.4 Å². The molecule has 2 aromatic rings. The van der Waals surface area contributed by atoms with Crippen LogP contribution in [0.4, 0.5) is 4.39 Å². The summed E-state index contributed by atoms with van der Waals surface area (Å²) in [7, 11) is 0. The summed E-state index contributed by atoms with van der Waals surface area (Å²) in [6, 6.07) is 3.06. The predicted octanol–water partition coefficient (Wildman–Crippen LogP) is 2.63. The third-order valence-corrected chi connectivity index (χ3v) is 8.49. The molecule has 5 atom stereocenters. The van der Waals surface area contributed by atoms with Crippen molar-refractivity contribution in [1.82, 2.24) is 20.1 Å².